The first-order valence-corrected chi connectivity index (χ1v) is 9.38. The molecule has 0 saturated carbocycles. The molecule has 3 rings (SSSR count). The molecule has 1 aliphatic heterocycles. The summed E-state index contributed by atoms with van der Waals surface area (Å²) in [5.41, 5.74) is 5.61. The van der Waals surface area contributed by atoms with Crippen molar-refractivity contribution in [3.05, 3.63) is 75.8 Å². The Morgan fingerprint density at radius 2 is 1.79 bits per heavy atom. The number of benzene rings is 2. The molecule has 1 heterocycles. The van der Waals surface area contributed by atoms with Gasteiger partial charge in [-0.25, -0.2) is 5.43 Å². The number of hydrazone groups is 1. The first-order chi connectivity index (χ1) is 13.5. The molecule has 2 aromatic carbocycles. The van der Waals surface area contributed by atoms with Crippen LogP contribution in [0.1, 0.15) is 30.9 Å². The van der Waals surface area contributed by atoms with Gasteiger partial charge in [0.15, 0.2) is 0 Å². The molecule has 7 heteroatoms. The van der Waals surface area contributed by atoms with Crippen LogP contribution in [-0.2, 0) is 11.3 Å². The zero-order valence-corrected chi connectivity index (χ0v) is 15.9. The van der Waals surface area contributed by atoms with E-state index in [1.54, 1.807) is 12.1 Å². The van der Waals surface area contributed by atoms with Gasteiger partial charge in [-0.15, -0.1) is 0 Å². The monoisotopic (exact) mass is 380 g/mol. The Balaban J connectivity index is 1.46. The molecule has 2 aromatic rings. The van der Waals surface area contributed by atoms with Crippen LogP contribution < -0.4 is 5.43 Å². The number of rotatable bonds is 6. The summed E-state index contributed by atoms with van der Waals surface area (Å²) in [6, 6.07) is 16.4. The standard InChI is InChI=1S/C21H24N4O3/c1-16(18-5-3-2-4-6-18)22-23-21(26)19-11-13-24(14-12-19)15-17-7-9-20(10-8-17)25(27)28/h2-10,19H,11-15H2,1H3,(H,23,26)/b22-16-. The summed E-state index contributed by atoms with van der Waals surface area (Å²) in [4.78, 5) is 25.0. The van der Waals surface area contributed by atoms with E-state index < -0.39 is 4.92 Å². The molecule has 1 N–H and O–H groups in total. The fourth-order valence-electron chi connectivity index (χ4n) is 3.31. The Labute approximate surface area is 164 Å². The van der Waals surface area contributed by atoms with Crippen molar-refractivity contribution >= 4 is 17.3 Å². The van der Waals surface area contributed by atoms with Crippen LogP contribution in [0.2, 0.25) is 0 Å². The molecule has 0 aliphatic carbocycles. The number of nitrogens with one attached hydrogen (secondary N) is 1. The third-order valence-electron chi connectivity index (χ3n) is 5.04. The van der Waals surface area contributed by atoms with E-state index in [2.05, 4.69) is 15.4 Å². The number of likely N-dealkylation sites (tertiary alicyclic amines) is 1. The number of piperidine rings is 1. The fraction of sp³-hybridized carbons (Fsp3) is 0.333. The molecule has 0 spiro atoms. The molecule has 0 aromatic heterocycles. The summed E-state index contributed by atoms with van der Waals surface area (Å²) in [6.07, 6.45) is 1.55. The van der Waals surface area contributed by atoms with Crippen LogP contribution in [0.5, 0.6) is 0 Å². The minimum atomic E-state index is -0.393. The maximum absolute atomic E-state index is 12.4. The molecule has 146 valence electrons. The van der Waals surface area contributed by atoms with Crippen molar-refractivity contribution in [1.29, 1.82) is 0 Å². The second-order valence-electron chi connectivity index (χ2n) is 7.01. The van der Waals surface area contributed by atoms with Crippen molar-refractivity contribution in [2.24, 2.45) is 11.0 Å². The van der Waals surface area contributed by atoms with Crippen LogP contribution in [0.25, 0.3) is 0 Å². The van der Waals surface area contributed by atoms with Gasteiger partial charge in [0.1, 0.15) is 0 Å². The Morgan fingerprint density at radius 3 is 2.39 bits per heavy atom. The van der Waals surface area contributed by atoms with Gasteiger partial charge in [-0.1, -0.05) is 42.5 Å². The number of non-ortho nitro benzene ring substituents is 1. The van der Waals surface area contributed by atoms with Crippen molar-refractivity contribution < 1.29 is 9.72 Å². The average molecular weight is 380 g/mol. The zero-order chi connectivity index (χ0) is 19.9. The van der Waals surface area contributed by atoms with Gasteiger partial charge >= 0.3 is 0 Å². The number of nitro benzene ring substituents is 1. The number of nitrogens with zero attached hydrogens (tertiary/aromatic N) is 3. The lowest BCUT2D eigenvalue weighted by atomic mass is 9.96. The maximum atomic E-state index is 12.4. The van der Waals surface area contributed by atoms with Crippen LogP contribution in [0, 0.1) is 16.0 Å². The number of carbonyl (C=O) groups is 1. The van der Waals surface area contributed by atoms with Crippen LogP contribution in [-0.4, -0.2) is 34.5 Å². The third kappa shape index (κ3) is 5.23. The fourth-order valence-corrected chi connectivity index (χ4v) is 3.31. The molecule has 0 unspecified atom stereocenters. The van der Waals surface area contributed by atoms with Crippen molar-refractivity contribution in [1.82, 2.24) is 10.3 Å². The Hall–Kier alpha value is -3.06. The number of carbonyl (C=O) groups excluding carboxylic acids is 1. The first-order valence-electron chi connectivity index (χ1n) is 9.38. The summed E-state index contributed by atoms with van der Waals surface area (Å²) in [5.74, 6) is -0.0781. The highest BCUT2D eigenvalue weighted by molar-refractivity contribution is 5.99. The number of nitro groups is 1. The van der Waals surface area contributed by atoms with E-state index in [1.165, 1.54) is 12.1 Å². The largest absolute Gasteiger partial charge is 0.299 e. The lowest BCUT2D eigenvalue weighted by molar-refractivity contribution is -0.384. The molecule has 7 nitrogen and oxygen atoms in total. The smallest absolute Gasteiger partial charge is 0.269 e. The summed E-state index contributed by atoms with van der Waals surface area (Å²) in [5, 5.41) is 15.0. The molecule has 28 heavy (non-hydrogen) atoms. The SMILES string of the molecule is C/C(=N/NC(=O)C1CCN(Cc2ccc([N+](=O)[O-])cc2)CC1)c1ccccc1. The summed E-state index contributed by atoms with van der Waals surface area (Å²) >= 11 is 0. The lowest BCUT2D eigenvalue weighted by Gasteiger charge is -2.30. The van der Waals surface area contributed by atoms with Gasteiger partial charge in [-0.3, -0.25) is 19.8 Å². The highest BCUT2D eigenvalue weighted by Gasteiger charge is 2.25. The number of amides is 1. The normalized spacial score (nSPS) is 16.0. The van der Waals surface area contributed by atoms with Crippen molar-refractivity contribution in [2.45, 2.75) is 26.3 Å². The van der Waals surface area contributed by atoms with Gasteiger partial charge in [-0.05, 0) is 44.0 Å². The molecular formula is C21H24N4O3. The zero-order valence-electron chi connectivity index (χ0n) is 15.9. The minimum Gasteiger partial charge on any atom is -0.299 e. The van der Waals surface area contributed by atoms with Crippen molar-refractivity contribution in [3.63, 3.8) is 0 Å². The van der Waals surface area contributed by atoms with E-state index in [0.717, 1.165) is 49.3 Å². The summed E-state index contributed by atoms with van der Waals surface area (Å²) in [6.45, 7) is 4.24. The minimum absolute atomic E-state index is 0.0368. The van der Waals surface area contributed by atoms with Crippen molar-refractivity contribution in [3.8, 4) is 0 Å². The highest BCUT2D eigenvalue weighted by Crippen LogP contribution is 2.20. The number of hydrogen-bond donors (Lipinski definition) is 1. The molecule has 0 atom stereocenters. The van der Waals surface area contributed by atoms with E-state index in [9.17, 15) is 14.9 Å². The quantitative estimate of drug-likeness (QED) is 0.473. The predicted octanol–water partition coefficient (Wildman–Crippen LogP) is 3.35. The van der Waals surface area contributed by atoms with Gasteiger partial charge in [0.2, 0.25) is 5.91 Å². The molecule has 1 amide bonds. The van der Waals surface area contributed by atoms with Gasteiger partial charge in [0, 0.05) is 24.6 Å². The van der Waals surface area contributed by atoms with Crippen LogP contribution in [0.15, 0.2) is 59.7 Å². The topological polar surface area (TPSA) is 87.8 Å². The second-order valence-corrected chi connectivity index (χ2v) is 7.01. The highest BCUT2D eigenvalue weighted by atomic mass is 16.6. The summed E-state index contributed by atoms with van der Waals surface area (Å²) in [7, 11) is 0. The number of hydrogen-bond acceptors (Lipinski definition) is 5. The van der Waals surface area contributed by atoms with E-state index in [1.807, 2.05) is 37.3 Å². The van der Waals surface area contributed by atoms with E-state index in [-0.39, 0.29) is 17.5 Å². The van der Waals surface area contributed by atoms with Gasteiger partial charge in [0.25, 0.3) is 5.69 Å². The Kier molecular flexibility index (Phi) is 6.49. The van der Waals surface area contributed by atoms with Gasteiger partial charge in [-0.2, -0.15) is 5.10 Å². The van der Waals surface area contributed by atoms with E-state index in [4.69, 9.17) is 0 Å². The lowest BCUT2D eigenvalue weighted by Crippen LogP contribution is -2.39. The molecule has 0 radical (unpaired) electrons. The van der Waals surface area contributed by atoms with E-state index in [0.29, 0.717) is 0 Å². The van der Waals surface area contributed by atoms with Gasteiger partial charge in [0.05, 0.1) is 10.6 Å². The molecule has 1 fully saturated rings. The van der Waals surface area contributed by atoms with Crippen LogP contribution in [0.3, 0.4) is 0 Å². The third-order valence-corrected chi connectivity index (χ3v) is 5.04. The van der Waals surface area contributed by atoms with Crippen molar-refractivity contribution in [2.75, 3.05) is 13.1 Å². The van der Waals surface area contributed by atoms with E-state index >= 15 is 0 Å². The van der Waals surface area contributed by atoms with Gasteiger partial charge < -0.3 is 0 Å². The summed E-state index contributed by atoms with van der Waals surface area (Å²) < 4.78 is 0. The first kappa shape index (κ1) is 19.7. The average Bonchev–Trinajstić information content (AvgIpc) is 2.73. The maximum Gasteiger partial charge on any atom is 0.269 e. The Morgan fingerprint density at radius 1 is 1.14 bits per heavy atom. The molecule has 0 bridgehead atoms. The molecule has 1 aliphatic rings. The second kappa shape index (κ2) is 9.23. The predicted molar refractivity (Wildman–Crippen MR) is 108 cm³/mol. The van der Waals surface area contributed by atoms with Crippen LogP contribution in [0.4, 0.5) is 5.69 Å². The van der Waals surface area contributed by atoms with Crippen LogP contribution >= 0.6 is 0 Å². The molecular weight excluding hydrogens is 356 g/mol. The Bertz CT molecular complexity index is 842. The molecule has 1 saturated heterocycles.